The van der Waals surface area contributed by atoms with Gasteiger partial charge in [-0.05, 0) is 24.7 Å². The van der Waals surface area contributed by atoms with Crippen molar-refractivity contribution in [2.24, 2.45) is 17.6 Å². The molecule has 1 heterocycles. The largest absolute Gasteiger partial charge is 0.338 e. The van der Waals surface area contributed by atoms with Crippen molar-refractivity contribution in [1.82, 2.24) is 4.90 Å². The zero-order chi connectivity index (χ0) is 10.3. The minimum absolute atomic E-state index is 0.0746. The summed E-state index contributed by atoms with van der Waals surface area (Å²) in [5.74, 6) is 1.66. The van der Waals surface area contributed by atoms with Crippen molar-refractivity contribution >= 4 is 5.91 Å². The summed E-state index contributed by atoms with van der Waals surface area (Å²) in [4.78, 5) is 13.7. The van der Waals surface area contributed by atoms with Crippen LogP contribution in [-0.2, 0) is 4.79 Å². The van der Waals surface area contributed by atoms with Crippen molar-refractivity contribution in [1.29, 1.82) is 0 Å². The number of rotatable bonds is 1. The van der Waals surface area contributed by atoms with Crippen molar-refractivity contribution in [3.05, 3.63) is 0 Å². The van der Waals surface area contributed by atoms with Gasteiger partial charge in [0, 0.05) is 25.0 Å². The molecular formula is C11H20N2O. The number of hydrogen-bond acceptors (Lipinski definition) is 2. The average Bonchev–Trinajstić information content (AvgIpc) is 2.59. The van der Waals surface area contributed by atoms with Crippen molar-refractivity contribution in [3.63, 3.8) is 0 Å². The Morgan fingerprint density at radius 3 is 2.50 bits per heavy atom. The molecule has 0 aromatic rings. The minimum Gasteiger partial charge on any atom is -0.338 e. The summed E-state index contributed by atoms with van der Waals surface area (Å²) in [7, 11) is 0. The van der Waals surface area contributed by atoms with Crippen LogP contribution in [0.3, 0.4) is 0 Å². The summed E-state index contributed by atoms with van der Waals surface area (Å²) >= 11 is 0. The van der Waals surface area contributed by atoms with Crippen molar-refractivity contribution in [3.8, 4) is 0 Å². The lowest BCUT2D eigenvalue weighted by atomic mass is 9.97. The van der Waals surface area contributed by atoms with Gasteiger partial charge in [0.25, 0.3) is 0 Å². The van der Waals surface area contributed by atoms with Gasteiger partial charge in [0.15, 0.2) is 0 Å². The van der Waals surface area contributed by atoms with E-state index in [2.05, 4.69) is 13.8 Å². The molecule has 2 rings (SSSR count). The van der Waals surface area contributed by atoms with Crippen LogP contribution >= 0.6 is 0 Å². The van der Waals surface area contributed by atoms with Crippen LogP contribution in [0.5, 0.6) is 0 Å². The number of hydrogen-bond donors (Lipinski definition) is 1. The van der Waals surface area contributed by atoms with Gasteiger partial charge in [0.1, 0.15) is 0 Å². The van der Waals surface area contributed by atoms with E-state index >= 15 is 0 Å². The molecule has 1 saturated carbocycles. The molecule has 2 N–H and O–H groups in total. The molecule has 0 bridgehead atoms. The number of carbonyl (C=O) groups is 1. The van der Waals surface area contributed by atoms with E-state index in [1.165, 1.54) is 12.8 Å². The molecule has 80 valence electrons. The zero-order valence-electron chi connectivity index (χ0n) is 9.07. The molecular weight excluding hydrogens is 176 g/mol. The molecule has 1 aliphatic heterocycles. The van der Waals surface area contributed by atoms with Gasteiger partial charge in [0.2, 0.25) is 5.91 Å². The lowest BCUT2D eigenvalue weighted by Crippen LogP contribution is -2.40. The maximum absolute atomic E-state index is 11.7. The van der Waals surface area contributed by atoms with Crippen molar-refractivity contribution in [2.75, 3.05) is 6.54 Å². The van der Waals surface area contributed by atoms with Crippen LogP contribution in [0.15, 0.2) is 0 Å². The Morgan fingerprint density at radius 1 is 1.36 bits per heavy atom. The monoisotopic (exact) mass is 196 g/mol. The van der Waals surface area contributed by atoms with Gasteiger partial charge in [-0.2, -0.15) is 0 Å². The van der Waals surface area contributed by atoms with E-state index in [0.717, 1.165) is 12.5 Å². The first-order valence-corrected chi connectivity index (χ1v) is 5.64. The molecule has 0 radical (unpaired) electrons. The van der Waals surface area contributed by atoms with Crippen molar-refractivity contribution < 1.29 is 4.79 Å². The predicted octanol–water partition coefficient (Wildman–Crippen LogP) is 0.981. The number of nitrogens with two attached hydrogens (primary N) is 1. The Hall–Kier alpha value is -0.570. The van der Waals surface area contributed by atoms with Gasteiger partial charge in [0.05, 0.1) is 0 Å². The maximum atomic E-state index is 11.7. The van der Waals surface area contributed by atoms with E-state index < -0.39 is 0 Å². The third-order valence-corrected chi connectivity index (χ3v) is 4.01. The summed E-state index contributed by atoms with van der Waals surface area (Å²) in [6.07, 6.45) is 2.98. The Kier molecular flexibility index (Phi) is 2.52. The Labute approximate surface area is 85.6 Å². The van der Waals surface area contributed by atoms with Crippen LogP contribution in [-0.4, -0.2) is 29.4 Å². The van der Waals surface area contributed by atoms with Gasteiger partial charge in [-0.25, -0.2) is 0 Å². The molecule has 3 nitrogen and oxygen atoms in total. The molecule has 4 atom stereocenters. The predicted molar refractivity (Wildman–Crippen MR) is 55.7 cm³/mol. The number of carbonyl (C=O) groups excluding carboxylic acids is 1. The van der Waals surface area contributed by atoms with E-state index in [4.69, 9.17) is 5.73 Å². The SMILES string of the molecule is CC1CCC(N2CC(N)CC2=O)C1C. The van der Waals surface area contributed by atoms with Crippen LogP contribution in [0, 0.1) is 11.8 Å². The van der Waals surface area contributed by atoms with E-state index in [1.54, 1.807) is 0 Å². The lowest BCUT2D eigenvalue weighted by molar-refractivity contribution is -0.130. The number of amides is 1. The molecule has 2 aliphatic rings. The van der Waals surface area contributed by atoms with Gasteiger partial charge >= 0.3 is 0 Å². The number of nitrogens with zero attached hydrogens (tertiary/aromatic N) is 1. The van der Waals surface area contributed by atoms with Crippen molar-refractivity contribution in [2.45, 2.75) is 45.2 Å². The second-order valence-corrected chi connectivity index (χ2v) is 4.99. The first-order valence-electron chi connectivity index (χ1n) is 5.64. The molecule has 2 fully saturated rings. The Morgan fingerprint density at radius 2 is 2.07 bits per heavy atom. The Bertz CT molecular complexity index is 241. The molecule has 0 spiro atoms. The van der Waals surface area contributed by atoms with Crippen LogP contribution < -0.4 is 5.73 Å². The van der Waals surface area contributed by atoms with E-state index in [9.17, 15) is 4.79 Å². The fraction of sp³-hybridized carbons (Fsp3) is 0.909. The molecule has 14 heavy (non-hydrogen) atoms. The van der Waals surface area contributed by atoms with Crippen LogP contribution in [0.25, 0.3) is 0 Å². The summed E-state index contributed by atoms with van der Waals surface area (Å²) in [5.41, 5.74) is 5.80. The van der Waals surface area contributed by atoms with Crippen LogP contribution in [0.4, 0.5) is 0 Å². The molecule has 0 aromatic heterocycles. The third-order valence-electron chi connectivity index (χ3n) is 4.01. The van der Waals surface area contributed by atoms with Gasteiger partial charge < -0.3 is 10.6 Å². The standard InChI is InChI=1S/C11H20N2O/c1-7-3-4-10(8(7)2)13-6-9(12)5-11(13)14/h7-10H,3-6,12H2,1-2H3. The summed E-state index contributed by atoms with van der Waals surface area (Å²) in [5, 5.41) is 0. The molecule has 1 aliphatic carbocycles. The molecule has 0 aromatic carbocycles. The molecule has 1 amide bonds. The highest BCUT2D eigenvalue weighted by Gasteiger charge is 2.39. The third kappa shape index (κ3) is 1.54. The molecule has 3 heteroatoms. The second kappa shape index (κ2) is 3.54. The Balaban J connectivity index is 2.05. The van der Waals surface area contributed by atoms with Crippen LogP contribution in [0.1, 0.15) is 33.1 Å². The molecule has 1 saturated heterocycles. The fourth-order valence-electron chi connectivity index (χ4n) is 2.86. The second-order valence-electron chi connectivity index (χ2n) is 4.99. The summed E-state index contributed by atoms with van der Waals surface area (Å²) in [6, 6.07) is 0.539. The topological polar surface area (TPSA) is 46.3 Å². The first-order chi connectivity index (χ1) is 6.59. The van der Waals surface area contributed by atoms with Gasteiger partial charge in [-0.15, -0.1) is 0 Å². The van der Waals surface area contributed by atoms with Gasteiger partial charge in [-0.1, -0.05) is 13.8 Å². The van der Waals surface area contributed by atoms with E-state index in [0.29, 0.717) is 18.4 Å². The summed E-state index contributed by atoms with van der Waals surface area (Å²) < 4.78 is 0. The van der Waals surface area contributed by atoms with E-state index in [1.807, 2.05) is 4.90 Å². The highest BCUT2D eigenvalue weighted by molar-refractivity contribution is 5.79. The molecule has 4 unspecified atom stereocenters. The number of likely N-dealkylation sites (tertiary alicyclic amines) is 1. The van der Waals surface area contributed by atoms with Crippen LogP contribution in [0.2, 0.25) is 0 Å². The van der Waals surface area contributed by atoms with Gasteiger partial charge in [-0.3, -0.25) is 4.79 Å². The maximum Gasteiger partial charge on any atom is 0.224 e. The highest BCUT2D eigenvalue weighted by atomic mass is 16.2. The highest BCUT2D eigenvalue weighted by Crippen LogP contribution is 2.36. The quantitative estimate of drug-likeness (QED) is 0.679. The minimum atomic E-state index is 0.0746. The summed E-state index contributed by atoms with van der Waals surface area (Å²) in [6.45, 7) is 5.32. The zero-order valence-corrected chi connectivity index (χ0v) is 9.07. The average molecular weight is 196 g/mol. The normalized spacial score (nSPS) is 43.6. The lowest BCUT2D eigenvalue weighted by Gasteiger charge is -2.28. The fourth-order valence-corrected chi connectivity index (χ4v) is 2.86. The first kappa shape index (κ1) is 9.97. The smallest absolute Gasteiger partial charge is 0.224 e. The van der Waals surface area contributed by atoms with E-state index in [-0.39, 0.29) is 11.9 Å².